The van der Waals surface area contributed by atoms with Crippen LogP contribution in [0.1, 0.15) is 12.0 Å². The summed E-state index contributed by atoms with van der Waals surface area (Å²) < 4.78 is 40.1. The molecule has 1 N–H and O–H groups in total. The van der Waals surface area contributed by atoms with E-state index in [1.807, 2.05) is 0 Å². The van der Waals surface area contributed by atoms with Crippen LogP contribution in [-0.2, 0) is 21.4 Å². The predicted molar refractivity (Wildman–Crippen MR) is 103 cm³/mol. The summed E-state index contributed by atoms with van der Waals surface area (Å²) in [5, 5.41) is 10.0. The van der Waals surface area contributed by atoms with Gasteiger partial charge in [0.05, 0.1) is 24.6 Å². The Morgan fingerprint density at radius 2 is 2.13 bits per heavy atom. The van der Waals surface area contributed by atoms with E-state index in [1.54, 1.807) is 0 Å². The maximum atomic E-state index is 12.8. The molecule has 1 fully saturated rings. The molecule has 9 nitrogen and oxygen atoms in total. The SMILES string of the molecule is COc1ccc(Cl)cc1S(=O)(=O)[N-]c1cnc2c(c1)CN1C(=O)[C@@H](O)C[C@H]1CO2.[K+]. The molecule has 154 valence electrons. The quantitative estimate of drug-likeness (QED) is 0.560. The number of sulfonamides is 1. The Kier molecular flexibility index (Phi) is 7.35. The first-order valence-electron chi connectivity index (χ1n) is 8.70. The summed E-state index contributed by atoms with van der Waals surface area (Å²) in [4.78, 5) is 17.6. The van der Waals surface area contributed by atoms with Crippen LogP contribution in [0.15, 0.2) is 35.4 Å². The van der Waals surface area contributed by atoms with Crippen LogP contribution in [0.3, 0.4) is 0 Å². The number of rotatable bonds is 4. The number of ether oxygens (including phenoxy) is 2. The van der Waals surface area contributed by atoms with Gasteiger partial charge < -0.3 is 24.2 Å². The van der Waals surface area contributed by atoms with Gasteiger partial charge in [0.2, 0.25) is 5.88 Å². The van der Waals surface area contributed by atoms with Crippen LogP contribution in [0.5, 0.6) is 11.6 Å². The summed E-state index contributed by atoms with van der Waals surface area (Å²) in [6, 6.07) is 5.45. The Bertz CT molecular complexity index is 1080. The van der Waals surface area contributed by atoms with Gasteiger partial charge in [-0.1, -0.05) is 17.7 Å². The number of amides is 1. The smallest absolute Gasteiger partial charge is 0.571 e. The second kappa shape index (κ2) is 9.29. The van der Waals surface area contributed by atoms with Gasteiger partial charge in [0.25, 0.3) is 5.91 Å². The van der Waals surface area contributed by atoms with Crippen molar-refractivity contribution < 1.29 is 79.2 Å². The molecule has 2 aliphatic rings. The van der Waals surface area contributed by atoms with E-state index in [-0.39, 0.29) is 104 Å². The molecule has 1 saturated heterocycles. The van der Waals surface area contributed by atoms with Crippen molar-refractivity contribution in [3.63, 3.8) is 0 Å². The number of hydrogen-bond acceptors (Lipinski definition) is 7. The zero-order valence-electron chi connectivity index (χ0n) is 16.3. The maximum Gasteiger partial charge on any atom is 1.00 e. The van der Waals surface area contributed by atoms with Crippen LogP contribution in [0, 0.1) is 0 Å². The number of nitrogens with zero attached hydrogens (tertiary/aromatic N) is 3. The van der Waals surface area contributed by atoms with Crippen molar-refractivity contribution in [2.75, 3.05) is 13.7 Å². The minimum Gasteiger partial charge on any atom is -0.571 e. The zero-order valence-corrected chi connectivity index (χ0v) is 21.0. The second-order valence-electron chi connectivity index (χ2n) is 6.70. The molecule has 0 radical (unpaired) electrons. The predicted octanol–water partition coefficient (Wildman–Crippen LogP) is -1.00. The number of aliphatic hydroxyl groups is 1. The van der Waals surface area contributed by atoms with Crippen molar-refractivity contribution in [1.82, 2.24) is 9.88 Å². The van der Waals surface area contributed by atoms with Crippen molar-refractivity contribution in [1.29, 1.82) is 0 Å². The molecule has 0 spiro atoms. The van der Waals surface area contributed by atoms with Crippen LogP contribution in [0.25, 0.3) is 4.72 Å². The number of aromatic nitrogens is 1. The fraction of sp³-hybridized carbons (Fsp3) is 0.333. The monoisotopic (exact) mass is 477 g/mol. The first kappa shape index (κ1) is 23.7. The van der Waals surface area contributed by atoms with Gasteiger partial charge in [-0.05, 0) is 18.2 Å². The molecule has 0 aliphatic carbocycles. The van der Waals surface area contributed by atoms with Gasteiger partial charge >= 0.3 is 51.4 Å². The van der Waals surface area contributed by atoms with E-state index in [4.69, 9.17) is 21.1 Å². The van der Waals surface area contributed by atoms with Crippen molar-refractivity contribution in [3.8, 4) is 11.6 Å². The summed E-state index contributed by atoms with van der Waals surface area (Å²) in [5.74, 6) is 0.0344. The molecule has 0 saturated carbocycles. The Labute approximate surface area is 221 Å². The fourth-order valence-corrected chi connectivity index (χ4v) is 4.79. The number of aliphatic hydroxyl groups excluding tert-OH is 1. The molecule has 12 heteroatoms. The Morgan fingerprint density at radius 1 is 1.37 bits per heavy atom. The Hall–Kier alpha value is -0.924. The molecule has 4 rings (SSSR count). The third-order valence-electron chi connectivity index (χ3n) is 4.80. The van der Waals surface area contributed by atoms with Crippen LogP contribution in [0.4, 0.5) is 5.69 Å². The molecule has 30 heavy (non-hydrogen) atoms. The van der Waals surface area contributed by atoms with Gasteiger partial charge in [0.1, 0.15) is 28.5 Å². The van der Waals surface area contributed by atoms with E-state index in [9.17, 15) is 18.3 Å². The first-order chi connectivity index (χ1) is 13.8. The summed E-state index contributed by atoms with van der Waals surface area (Å²) in [5.41, 5.74) is 0.574. The topological polar surface area (TPSA) is 120 Å². The number of carbonyl (C=O) groups is 1. The minimum absolute atomic E-state index is 0. The third-order valence-corrected chi connectivity index (χ3v) is 6.36. The van der Waals surface area contributed by atoms with E-state index in [0.29, 0.717) is 11.4 Å². The molecule has 0 unspecified atom stereocenters. The molecule has 2 aliphatic heterocycles. The molecule has 1 aromatic heterocycles. The Morgan fingerprint density at radius 3 is 2.87 bits per heavy atom. The summed E-state index contributed by atoms with van der Waals surface area (Å²) in [6.45, 7) is 0.351. The Balaban J connectivity index is 0.00000256. The van der Waals surface area contributed by atoms with Crippen molar-refractivity contribution in [2.45, 2.75) is 30.0 Å². The number of fused-ring (bicyclic) bond motifs is 2. The van der Waals surface area contributed by atoms with Gasteiger partial charge in [0.15, 0.2) is 0 Å². The molecule has 1 aromatic carbocycles. The molecular formula is C18H17ClKN3O6S. The van der Waals surface area contributed by atoms with E-state index in [1.165, 1.54) is 42.5 Å². The molecule has 1 amide bonds. The summed E-state index contributed by atoms with van der Waals surface area (Å²) >= 11 is 5.92. The van der Waals surface area contributed by atoms with Crippen LogP contribution in [0.2, 0.25) is 5.02 Å². The standard InChI is InChI=1S/C18H17ClN3O6S.K/c1-27-15-3-2-11(19)5-16(15)29(25,26)21-12-4-10-8-22-13(6-14(23)18(22)24)9-28-17(10)20-7-12;/h2-5,7,13-14,23H,6,8-9H2,1H3;/q-1;+1/t13-,14-;/m0./s1. The van der Waals surface area contributed by atoms with Crippen LogP contribution >= 0.6 is 11.6 Å². The van der Waals surface area contributed by atoms with Gasteiger partial charge in [0, 0.05) is 23.2 Å². The van der Waals surface area contributed by atoms with Gasteiger partial charge in [-0.25, -0.2) is 13.4 Å². The van der Waals surface area contributed by atoms with E-state index < -0.39 is 16.1 Å². The van der Waals surface area contributed by atoms with Crippen molar-refractivity contribution in [2.24, 2.45) is 0 Å². The molecule has 3 heterocycles. The third kappa shape index (κ3) is 4.63. The molecular weight excluding hydrogens is 461 g/mol. The van der Waals surface area contributed by atoms with Crippen LogP contribution in [-0.4, -0.2) is 55.2 Å². The number of pyridine rings is 1. The summed E-state index contributed by atoms with van der Waals surface area (Å²) in [7, 11) is -2.79. The second-order valence-corrected chi connectivity index (χ2v) is 8.71. The number of hydrogen-bond donors (Lipinski definition) is 1. The van der Waals surface area contributed by atoms with Crippen LogP contribution < -0.4 is 60.9 Å². The van der Waals surface area contributed by atoms with Crippen molar-refractivity contribution >= 4 is 33.2 Å². The number of methoxy groups -OCH3 is 1. The van der Waals surface area contributed by atoms with E-state index >= 15 is 0 Å². The normalized spacial score (nSPS) is 20.4. The molecule has 2 aromatic rings. The average Bonchev–Trinajstić information content (AvgIpc) is 2.85. The van der Waals surface area contributed by atoms with Crippen molar-refractivity contribution in [3.05, 3.63) is 45.8 Å². The number of halogens is 1. The maximum absolute atomic E-state index is 12.8. The van der Waals surface area contributed by atoms with Gasteiger partial charge in [-0.3, -0.25) is 4.79 Å². The summed E-state index contributed by atoms with van der Waals surface area (Å²) in [6.07, 6.45) is 0.509. The average molecular weight is 478 g/mol. The largest absolute Gasteiger partial charge is 1.00 e. The number of carbonyl (C=O) groups excluding carboxylic acids is 1. The minimum atomic E-state index is -4.14. The first-order valence-corrected chi connectivity index (χ1v) is 10.5. The van der Waals surface area contributed by atoms with Gasteiger partial charge in [-0.2, -0.15) is 0 Å². The molecule has 0 bridgehead atoms. The number of benzene rings is 1. The van der Waals surface area contributed by atoms with E-state index in [0.717, 1.165) is 0 Å². The van der Waals surface area contributed by atoms with Gasteiger partial charge in [-0.15, -0.1) is 5.69 Å². The van der Waals surface area contributed by atoms with E-state index in [2.05, 4.69) is 9.71 Å². The zero-order chi connectivity index (χ0) is 20.8. The fourth-order valence-electron chi connectivity index (χ4n) is 3.40. The molecule has 2 atom stereocenters.